The van der Waals surface area contributed by atoms with Gasteiger partial charge in [0, 0.05) is 31.4 Å². The zero-order valence-electron chi connectivity index (χ0n) is 11.9. The Hall–Kier alpha value is -2.21. The van der Waals surface area contributed by atoms with Crippen LogP contribution in [0.5, 0.6) is 0 Å². The molecule has 0 saturated carbocycles. The van der Waals surface area contributed by atoms with Gasteiger partial charge < -0.3 is 4.57 Å². The molecule has 6 nitrogen and oxygen atoms in total. The quantitative estimate of drug-likeness (QED) is 0.695. The summed E-state index contributed by atoms with van der Waals surface area (Å²) in [5, 5.41) is 4.56. The van der Waals surface area contributed by atoms with Crippen LogP contribution in [0.25, 0.3) is 22.8 Å². The number of halogens is 1. The number of rotatable bonds is 4. The molecule has 0 saturated heterocycles. The lowest BCUT2D eigenvalue weighted by Gasteiger charge is -2.07. The second kappa shape index (κ2) is 5.65. The van der Waals surface area contributed by atoms with E-state index < -0.39 is 0 Å². The van der Waals surface area contributed by atoms with Crippen LogP contribution in [0.2, 0.25) is 5.15 Å². The highest BCUT2D eigenvalue weighted by Gasteiger charge is 2.12. The lowest BCUT2D eigenvalue weighted by Crippen LogP contribution is -2.01. The first-order valence-corrected chi connectivity index (χ1v) is 7.09. The molecule has 0 fully saturated rings. The topological polar surface area (TPSA) is 61.4 Å². The summed E-state index contributed by atoms with van der Waals surface area (Å²) in [6, 6.07) is 1.74. The van der Waals surface area contributed by atoms with Crippen molar-refractivity contribution in [1.82, 2.24) is 29.3 Å². The van der Waals surface area contributed by atoms with Gasteiger partial charge in [-0.1, -0.05) is 18.5 Å². The fourth-order valence-corrected chi connectivity index (χ4v) is 2.34. The van der Waals surface area contributed by atoms with Gasteiger partial charge in [-0.2, -0.15) is 5.10 Å². The summed E-state index contributed by atoms with van der Waals surface area (Å²) in [5.41, 5.74) is 2.52. The van der Waals surface area contributed by atoms with E-state index in [2.05, 4.69) is 27.0 Å². The monoisotopic (exact) mass is 302 g/mol. The molecule has 3 aromatic heterocycles. The minimum Gasteiger partial charge on any atom is -0.328 e. The van der Waals surface area contributed by atoms with Crippen LogP contribution in [-0.4, -0.2) is 29.3 Å². The van der Waals surface area contributed by atoms with Gasteiger partial charge in [0.05, 0.1) is 24.4 Å². The third kappa shape index (κ3) is 2.80. The van der Waals surface area contributed by atoms with Crippen molar-refractivity contribution in [3.8, 4) is 22.8 Å². The molecule has 0 amide bonds. The lowest BCUT2D eigenvalue weighted by atomic mass is 10.2. The average Bonchev–Trinajstić information content (AvgIpc) is 3.07. The molecule has 0 N–H and O–H groups in total. The van der Waals surface area contributed by atoms with Crippen molar-refractivity contribution < 1.29 is 0 Å². The SMILES string of the molecule is CCCn1cncc1-c1nc(Cl)cc(-c2cnn(C)c2)n1. The van der Waals surface area contributed by atoms with Crippen molar-refractivity contribution in [2.24, 2.45) is 7.05 Å². The molecule has 3 heterocycles. The van der Waals surface area contributed by atoms with Crippen molar-refractivity contribution in [3.05, 3.63) is 36.1 Å². The van der Waals surface area contributed by atoms with Gasteiger partial charge in [0.25, 0.3) is 0 Å². The summed E-state index contributed by atoms with van der Waals surface area (Å²) in [7, 11) is 1.86. The maximum absolute atomic E-state index is 6.15. The summed E-state index contributed by atoms with van der Waals surface area (Å²) in [6.07, 6.45) is 8.21. The molecular weight excluding hydrogens is 288 g/mol. The fraction of sp³-hybridized carbons (Fsp3) is 0.286. The van der Waals surface area contributed by atoms with Crippen LogP contribution in [0.3, 0.4) is 0 Å². The zero-order chi connectivity index (χ0) is 14.8. The number of aromatic nitrogens is 6. The molecular formula is C14H15ClN6. The molecule has 0 spiro atoms. The van der Waals surface area contributed by atoms with E-state index in [1.165, 1.54) is 0 Å². The van der Waals surface area contributed by atoms with Crippen LogP contribution in [0.15, 0.2) is 31.0 Å². The minimum absolute atomic E-state index is 0.406. The Morgan fingerprint density at radius 1 is 1.24 bits per heavy atom. The van der Waals surface area contributed by atoms with Gasteiger partial charge >= 0.3 is 0 Å². The highest BCUT2D eigenvalue weighted by Crippen LogP contribution is 2.24. The van der Waals surface area contributed by atoms with Crippen LogP contribution >= 0.6 is 11.6 Å². The highest BCUT2D eigenvalue weighted by atomic mass is 35.5. The van der Waals surface area contributed by atoms with Crippen LogP contribution in [0.1, 0.15) is 13.3 Å². The van der Waals surface area contributed by atoms with E-state index in [1.54, 1.807) is 29.5 Å². The summed E-state index contributed by atoms with van der Waals surface area (Å²) in [5.74, 6) is 0.576. The summed E-state index contributed by atoms with van der Waals surface area (Å²) >= 11 is 6.15. The number of aryl methyl sites for hydroxylation is 2. The maximum atomic E-state index is 6.15. The van der Waals surface area contributed by atoms with Gasteiger partial charge in [0.15, 0.2) is 5.82 Å². The van der Waals surface area contributed by atoms with Crippen LogP contribution in [0, 0.1) is 0 Å². The van der Waals surface area contributed by atoms with E-state index in [9.17, 15) is 0 Å². The van der Waals surface area contributed by atoms with Crippen LogP contribution in [0.4, 0.5) is 0 Å². The molecule has 0 aliphatic carbocycles. The number of nitrogens with zero attached hydrogens (tertiary/aromatic N) is 6. The molecule has 3 aromatic rings. The average molecular weight is 303 g/mol. The molecule has 0 bridgehead atoms. The largest absolute Gasteiger partial charge is 0.328 e. The Labute approximate surface area is 127 Å². The molecule has 21 heavy (non-hydrogen) atoms. The smallest absolute Gasteiger partial charge is 0.179 e. The van der Waals surface area contributed by atoms with Crippen LogP contribution < -0.4 is 0 Å². The minimum atomic E-state index is 0.406. The Morgan fingerprint density at radius 2 is 2.10 bits per heavy atom. The third-order valence-corrected chi connectivity index (χ3v) is 3.30. The Kier molecular flexibility index (Phi) is 3.70. The van der Waals surface area contributed by atoms with E-state index in [1.807, 2.05) is 17.8 Å². The van der Waals surface area contributed by atoms with Crippen molar-refractivity contribution in [2.45, 2.75) is 19.9 Å². The molecule has 0 aliphatic heterocycles. The van der Waals surface area contributed by atoms with E-state index in [0.29, 0.717) is 11.0 Å². The standard InChI is InChI=1S/C14H15ClN6/c1-3-4-21-9-16-7-12(21)14-18-11(5-13(15)19-14)10-6-17-20(2)8-10/h5-9H,3-4H2,1-2H3. The zero-order valence-corrected chi connectivity index (χ0v) is 12.6. The van der Waals surface area contributed by atoms with Crippen molar-refractivity contribution in [3.63, 3.8) is 0 Å². The van der Waals surface area contributed by atoms with E-state index >= 15 is 0 Å². The molecule has 0 aromatic carbocycles. The fourth-order valence-electron chi connectivity index (χ4n) is 2.16. The van der Waals surface area contributed by atoms with E-state index in [4.69, 9.17) is 11.6 Å². The molecule has 3 rings (SSSR count). The van der Waals surface area contributed by atoms with Gasteiger partial charge in [0.2, 0.25) is 0 Å². The van der Waals surface area contributed by atoms with Gasteiger partial charge in [-0.25, -0.2) is 15.0 Å². The first-order chi connectivity index (χ1) is 10.2. The Bertz CT molecular complexity index is 760. The first kappa shape index (κ1) is 13.8. The lowest BCUT2D eigenvalue weighted by molar-refractivity contribution is 0.681. The molecule has 7 heteroatoms. The van der Waals surface area contributed by atoms with E-state index in [0.717, 1.165) is 29.9 Å². The van der Waals surface area contributed by atoms with Gasteiger partial charge in [-0.15, -0.1) is 0 Å². The number of hydrogen-bond acceptors (Lipinski definition) is 4. The predicted octanol–water partition coefficient (Wildman–Crippen LogP) is 2.80. The molecule has 0 radical (unpaired) electrons. The Balaban J connectivity index is 2.07. The number of imidazole rings is 1. The maximum Gasteiger partial charge on any atom is 0.179 e. The second-order valence-electron chi connectivity index (χ2n) is 4.77. The van der Waals surface area contributed by atoms with Crippen molar-refractivity contribution in [1.29, 1.82) is 0 Å². The molecule has 0 aliphatic rings. The summed E-state index contributed by atoms with van der Waals surface area (Å²) in [6.45, 7) is 2.98. The van der Waals surface area contributed by atoms with Crippen molar-refractivity contribution in [2.75, 3.05) is 0 Å². The molecule has 108 valence electrons. The summed E-state index contributed by atoms with van der Waals surface area (Å²) in [4.78, 5) is 13.1. The van der Waals surface area contributed by atoms with Crippen molar-refractivity contribution >= 4 is 11.6 Å². The van der Waals surface area contributed by atoms with Gasteiger partial charge in [-0.05, 0) is 6.42 Å². The third-order valence-electron chi connectivity index (χ3n) is 3.10. The molecule has 0 atom stereocenters. The van der Waals surface area contributed by atoms with Gasteiger partial charge in [-0.3, -0.25) is 4.68 Å². The molecule has 0 unspecified atom stereocenters. The highest BCUT2D eigenvalue weighted by molar-refractivity contribution is 6.29. The predicted molar refractivity (Wildman–Crippen MR) is 80.8 cm³/mol. The van der Waals surface area contributed by atoms with Crippen LogP contribution in [-0.2, 0) is 13.6 Å². The Morgan fingerprint density at radius 3 is 2.81 bits per heavy atom. The summed E-state index contributed by atoms with van der Waals surface area (Å²) < 4.78 is 3.76. The second-order valence-corrected chi connectivity index (χ2v) is 5.16. The van der Waals surface area contributed by atoms with Gasteiger partial charge in [0.1, 0.15) is 10.8 Å². The normalized spacial score (nSPS) is 11.0. The first-order valence-electron chi connectivity index (χ1n) is 6.71. The van der Waals surface area contributed by atoms with E-state index in [-0.39, 0.29) is 0 Å². The number of hydrogen-bond donors (Lipinski definition) is 0.